The highest BCUT2D eigenvalue weighted by Gasteiger charge is 2.11. The number of aromatic nitrogens is 1. The van der Waals surface area contributed by atoms with E-state index in [9.17, 15) is 4.39 Å². The summed E-state index contributed by atoms with van der Waals surface area (Å²) < 4.78 is 13.0. The van der Waals surface area contributed by atoms with Crippen LogP contribution in [-0.4, -0.2) is 37.6 Å². The molecule has 0 atom stereocenters. The van der Waals surface area contributed by atoms with Crippen LogP contribution in [0.2, 0.25) is 0 Å². The highest BCUT2D eigenvalue weighted by Crippen LogP contribution is 2.18. The maximum absolute atomic E-state index is 13.0. The normalized spacial score (nSPS) is 15.2. The van der Waals surface area contributed by atoms with Crippen LogP contribution in [0.25, 0.3) is 0 Å². The zero-order chi connectivity index (χ0) is 19.6. The van der Waals surface area contributed by atoms with Crippen molar-refractivity contribution in [2.45, 2.75) is 38.6 Å². The topological polar surface area (TPSA) is 52.6 Å². The van der Waals surface area contributed by atoms with Crippen molar-refractivity contribution in [2.24, 2.45) is 4.99 Å². The first kappa shape index (κ1) is 20.1. The number of guanidine groups is 1. The number of halogens is 1. The lowest BCUT2D eigenvalue weighted by atomic mass is 10.1. The number of benzene rings is 1. The molecular weight excluding hydrogens is 353 g/mol. The van der Waals surface area contributed by atoms with E-state index in [4.69, 9.17) is 0 Å². The molecule has 1 aliphatic heterocycles. The number of nitrogens with zero attached hydrogens (tertiary/aromatic N) is 3. The molecule has 2 aromatic rings. The summed E-state index contributed by atoms with van der Waals surface area (Å²) in [6.45, 7) is 3.62. The Hall–Kier alpha value is -2.63. The minimum atomic E-state index is -0.203. The largest absolute Gasteiger partial charge is 0.357 e. The fourth-order valence-corrected chi connectivity index (χ4v) is 3.43. The Bertz CT molecular complexity index is 752. The van der Waals surface area contributed by atoms with Gasteiger partial charge in [-0.1, -0.05) is 25.0 Å². The lowest BCUT2D eigenvalue weighted by molar-refractivity contribution is 0.626. The van der Waals surface area contributed by atoms with E-state index in [1.54, 1.807) is 7.05 Å². The summed E-state index contributed by atoms with van der Waals surface area (Å²) in [4.78, 5) is 11.2. The van der Waals surface area contributed by atoms with Crippen LogP contribution >= 0.6 is 0 Å². The van der Waals surface area contributed by atoms with Gasteiger partial charge in [-0.3, -0.25) is 4.99 Å². The predicted molar refractivity (Wildman–Crippen MR) is 113 cm³/mol. The molecule has 150 valence electrons. The van der Waals surface area contributed by atoms with E-state index < -0.39 is 0 Å². The predicted octanol–water partition coefficient (Wildman–Crippen LogP) is 3.51. The second kappa shape index (κ2) is 10.6. The standard InChI is InChI=1S/C22H30FN5/c1-24-22(26-13-10-18-6-8-20(23)9-7-18)27-17-19-11-12-25-21(16-19)28-14-4-2-3-5-15-28/h6-9,11-12,16H,2-5,10,13-15,17H2,1H3,(H2,24,26,27). The van der Waals surface area contributed by atoms with Gasteiger partial charge in [-0.2, -0.15) is 0 Å². The van der Waals surface area contributed by atoms with Crippen molar-refractivity contribution in [2.75, 3.05) is 31.6 Å². The van der Waals surface area contributed by atoms with Gasteiger partial charge in [-0.15, -0.1) is 0 Å². The molecule has 0 saturated carbocycles. The van der Waals surface area contributed by atoms with Crippen molar-refractivity contribution in [3.05, 3.63) is 59.5 Å². The molecule has 2 N–H and O–H groups in total. The van der Waals surface area contributed by atoms with Crippen LogP contribution in [0.15, 0.2) is 47.6 Å². The summed E-state index contributed by atoms with van der Waals surface area (Å²) in [5.74, 6) is 1.63. The molecule has 0 unspecified atom stereocenters. The summed E-state index contributed by atoms with van der Waals surface area (Å²) in [5, 5.41) is 6.66. The van der Waals surface area contributed by atoms with Crippen molar-refractivity contribution in [1.29, 1.82) is 0 Å². The van der Waals surface area contributed by atoms with Gasteiger partial charge in [0, 0.05) is 39.4 Å². The molecule has 1 aliphatic rings. The third-order valence-corrected chi connectivity index (χ3v) is 5.04. The lowest BCUT2D eigenvalue weighted by Gasteiger charge is -2.22. The first-order valence-corrected chi connectivity index (χ1v) is 10.1. The van der Waals surface area contributed by atoms with Gasteiger partial charge in [0.05, 0.1) is 0 Å². The summed E-state index contributed by atoms with van der Waals surface area (Å²) in [5.41, 5.74) is 2.29. The summed E-state index contributed by atoms with van der Waals surface area (Å²) >= 11 is 0. The molecule has 1 aromatic carbocycles. The van der Waals surface area contributed by atoms with Crippen LogP contribution < -0.4 is 15.5 Å². The zero-order valence-electron chi connectivity index (χ0n) is 16.6. The molecule has 0 spiro atoms. The number of aliphatic imine (C=N–C) groups is 1. The van der Waals surface area contributed by atoms with Gasteiger partial charge in [0.1, 0.15) is 11.6 Å². The van der Waals surface area contributed by atoms with Gasteiger partial charge in [0.15, 0.2) is 5.96 Å². The Morgan fingerprint density at radius 1 is 1.04 bits per heavy atom. The number of hydrogen-bond donors (Lipinski definition) is 2. The number of nitrogens with one attached hydrogen (secondary N) is 2. The molecule has 1 fully saturated rings. The van der Waals surface area contributed by atoms with Crippen LogP contribution in [0.4, 0.5) is 10.2 Å². The molecular formula is C22H30FN5. The molecule has 3 rings (SSSR count). The molecule has 1 saturated heterocycles. The smallest absolute Gasteiger partial charge is 0.191 e. The molecule has 1 aromatic heterocycles. The van der Waals surface area contributed by atoms with E-state index in [1.807, 2.05) is 24.4 Å². The Morgan fingerprint density at radius 2 is 1.79 bits per heavy atom. The number of hydrogen-bond acceptors (Lipinski definition) is 3. The van der Waals surface area contributed by atoms with Gasteiger partial charge in [-0.25, -0.2) is 9.37 Å². The van der Waals surface area contributed by atoms with Gasteiger partial charge in [0.2, 0.25) is 0 Å². The lowest BCUT2D eigenvalue weighted by Crippen LogP contribution is -2.37. The van der Waals surface area contributed by atoms with Crippen LogP contribution in [0.1, 0.15) is 36.8 Å². The highest BCUT2D eigenvalue weighted by atomic mass is 19.1. The summed E-state index contributed by atoms with van der Waals surface area (Å²) in [6.07, 6.45) is 7.83. The minimum Gasteiger partial charge on any atom is -0.357 e. The van der Waals surface area contributed by atoms with E-state index in [0.29, 0.717) is 6.54 Å². The fourth-order valence-electron chi connectivity index (χ4n) is 3.43. The van der Waals surface area contributed by atoms with E-state index >= 15 is 0 Å². The van der Waals surface area contributed by atoms with Crippen molar-refractivity contribution in [3.8, 4) is 0 Å². The number of rotatable bonds is 6. The summed E-state index contributed by atoms with van der Waals surface area (Å²) in [6, 6.07) is 10.8. The van der Waals surface area contributed by atoms with Crippen LogP contribution in [0.5, 0.6) is 0 Å². The Balaban J connectivity index is 1.47. The molecule has 2 heterocycles. The van der Waals surface area contributed by atoms with E-state index in [0.717, 1.165) is 43.4 Å². The van der Waals surface area contributed by atoms with Crippen LogP contribution in [0, 0.1) is 5.82 Å². The second-order valence-electron chi connectivity index (χ2n) is 7.15. The van der Waals surface area contributed by atoms with Crippen LogP contribution in [0.3, 0.4) is 0 Å². The zero-order valence-corrected chi connectivity index (χ0v) is 16.6. The van der Waals surface area contributed by atoms with Crippen molar-refractivity contribution < 1.29 is 4.39 Å². The molecule has 6 heteroatoms. The second-order valence-corrected chi connectivity index (χ2v) is 7.15. The molecule has 5 nitrogen and oxygen atoms in total. The molecule has 0 aliphatic carbocycles. The van der Waals surface area contributed by atoms with Crippen molar-refractivity contribution >= 4 is 11.8 Å². The first-order valence-electron chi connectivity index (χ1n) is 10.1. The van der Waals surface area contributed by atoms with Crippen molar-refractivity contribution in [1.82, 2.24) is 15.6 Å². The highest BCUT2D eigenvalue weighted by molar-refractivity contribution is 5.79. The van der Waals surface area contributed by atoms with E-state index in [2.05, 4.69) is 31.6 Å². The van der Waals surface area contributed by atoms with Crippen LogP contribution in [-0.2, 0) is 13.0 Å². The average molecular weight is 384 g/mol. The molecule has 0 amide bonds. The molecule has 28 heavy (non-hydrogen) atoms. The third-order valence-electron chi connectivity index (χ3n) is 5.04. The summed E-state index contributed by atoms with van der Waals surface area (Å²) in [7, 11) is 1.77. The Labute approximate surface area is 167 Å². The molecule has 0 radical (unpaired) electrons. The maximum atomic E-state index is 13.0. The van der Waals surface area contributed by atoms with Gasteiger partial charge < -0.3 is 15.5 Å². The SMILES string of the molecule is CN=C(NCCc1ccc(F)cc1)NCc1ccnc(N2CCCCCC2)c1. The van der Waals surface area contributed by atoms with Crippen molar-refractivity contribution in [3.63, 3.8) is 0 Å². The quantitative estimate of drug-likeness (QED) is 0.592. The number of anilines is 1. The number of pyridine rings is 1. The van der Waals surface area contributed by atoms with Gasteiger partial charge in [-0.05, 0) is 54.7 Å². The Kier molecular flexibility index (Phi) is 7.64. The Morgan fingerprint density at radius 3 is 2.50 bits per heavy atom. The van der Waals surface area contributed by atoms with E-state index in [1.165, 1.54) is 43.4 Å². The molecule has 0 bridgehead atoms. The average Bonchev–Trinajstić information content (AvgIpc) is 3.02. The van der Waals surface area contributed by atoms with Gasteiger partial charge in [0.25, 0.3) is 0 Å². The monoisotopic (exact) mass is 383 g/mol. The minimum absolute atomic E-state index is 0.203. The van der Waals surface area contributed by atoms with Gasteiger partial charge >= 0.3 is 0 Å². The fraction of sp³-hybridized carbons (Fsp3) is 0.455. The first-order chi connectivity index (χ1) is 13.7. The third kappa shape index (κ3) is 6.22. The maximum Gasteiger partial charge on any atom is 0.191 e. The van der Waals surface area contributed by atoms with E-state index in [-0.39, 0.29) is 5.82 Å².